The van der Waals surface area contributed by atoms with E-state index in [1.165, 1.54) is 22.7 Å². The van der Waals surface area contributed by atoms with Gasteiger partial charge in [0.05, 0.1) is 16.5 Å². The average Bonchev–Trinajstić information content (AvgIpc) is 3.07. The number of hydrogen-bond acceptors (Lipinski definition) is 9. The van der Waals surface area contributed by atoms with E-state index in [9.17, 15) is 19.2 Å². The third kappa shape index (κ3) is 6.18. The summed E-state index contributed by atoms with van der Waals surface area (Å²) in [6, 6.07) is 22.2. The van der Waals surface area contributed by atoms with Crippen molar-refractivity contribution in [3.05, 3.63) is 113 Å². The molecule has 12 heteroatoms. The lowest BCUT2D eigenvalue weighted by Gasteiger charge is -2.49. The van der Waals surface area contributed by atoms with E-state index < -0.39 is 29.2 Å². The van der Waals surface area contributed by atoms with Gasteiger partial charge >= 0.3 is 5.97 Å². The highest BCUT2D eigenvalue weighted by atomic mass is 32.2. The van der Waals surface area contributed by atoms with Crippen LogP contribution in [0.15, 0.2) is 108 Å². The van der Waals surface area contributed by atoms with Gasteiger partial charge in [0.2, 0.25) is 0 Å². The lowest BCUT2D eigenvalue weighted by Crippen LogP contribution is -2.71. The first kappa shape index (κ1) is 29.7. The Labute approximate surface area is 261 Å². The van der Waals surface area contributed by atoms with Crippen LogP contribution < -0.4 is 20.3 Å². The molecule has 11 nitrogen and oxygen atoms in total. The number of amides is 2. The first-order chi connectivity index (χ1) is 21.9. The second-order valence-electron chi connectivity index (χ2n) is 10.1. The highest BCUT2D eigenvalue weighted by Crippen LogP contribution is 2.41. The highest BCUT2D eigenvalue weighted by Gasteiger charge is 2.54. The molecule has 2 amide bonds. The number of nitrogens with one attached hydrogen (secondary N) is 2. The number of para-hydroxylation sites is 3. The Morgan fingerprint density at radius 2 is 1.78 bits per heavy atom. The van der Waals surface area contributed by atoms with Crippen molar-refractivity contribution in [3.8, 4) is 22.9 Å². The monoisotopic (exact) mass is 624 g/mol. The van der Waals surface area contributed by atoms with Crippen LogP contribution in [0.1, 0.15) is 0 Å². The van der Waals surface area contributed by atoms with Crippen molar-refractivity contribution in [1.29, 1.82) is 0 Å². The number of rotatable bonds is 11. The van der Waals surface area contributed by atoms with Gasteiger partial charge in [-0.25, -0.2) is 9.78 Å². The summed E-state index contributed by atoms with van der Waals surface area (Å²) in [6.45, 7) is 3.24. The Bertz CT molecular complexity index is 1870. The third-order valence-corrected chi connectivity index (χ3v) is 8.50. The number of fused-ring (bicyclic) bond motifs is 2. The van der Waals surface area contributed by atoms with Crippen molar-refractivity contribution in [2.24, 2.45) is 0 Å². The van der Waals surface area contributed by atoms with E-state index in [0.29, 0.717) is 45.1 Å². The zero-order chi connectivity index (χ0) is 31.3. The minimum atomic E-state index is -0.830. The molecule has 1 aromatic heterocycles. The molecule has 0 bridgehead atoms. The number of esters is 1. The van der Waals surface area contributed by atoms with Crippen LogP contribution in [0.25, 0.3) is 22.3 Å². The zero-order valence-electron chi connectivity index (χ0n) is 23.9. The predicted octanol–water partition coefficient (Wildman–Crippen LogP) is 3.43. The van der Waals surface area contributed by atoms with Crippen LogP contribution in [0.4, 0.5) is 0 Å². The van der Waals surface area contributed by atoms with Crippen LogP contribution in [-0.4, -0.2) is 69.6 Å². The van der Waals surface area contributed by atoms with Gasteiger partial charge in [0.15, 0.2) is 6.61 Å². The topological polar surface area (TPSA) is 140 Å². The first-order valence-corrected chi connectivity index (χ1v) is 15.1. The van der Waals surface area contributed by atoms with Crippen LogP contribution in [-0.2, 0) is 19.1 Å². The summed E-state index contributed by atoms with van der Waals surface area (Å²) in [5, 5.41) is 2.68. The molecule has 2 unspecified atom stereocenters. The molecule has 1 saturated heterocycles. The lowest BCUT2D eigenvalue weighted by molar-refractivity contribution is -0.152. The molecule has 0 radical (unpaired) electrons. The number of carbonyl (C=O) groups is 3. The van der Waals surface area contributed by atoms with Crippen molar-refractivity contribution in [3.63, 3.8) is 0 Å². The van der Waals surface area contributed by atoms with Gasteiger partial charge in [0.25, 0.3) is 17.4 Å². The largest absolute Gasteiger partial charge is 0.488 e. The summed E-state index contributed by atoms with van der Waals surface area (Å²) in [7, 11) is 0. The molecule has 6 rings (SSSR count). The Kier molecular flexibility index (Phi) is 8.65. The van der Waals surface area contributed by atoms with Gasteiger partial charge in [-0.3, -0.25) is 19.3 Å². The van der Waals surface area contributed by atoms with Crippen LogP contribution in [0, 0.1) is 0 Å². The van der Waals surface area contributed by atoms with E-state index in [0.717, 1.165) is 0 Å². The quantitative estimate of drug-likeness (QED) is 0.146. The number of aromatic nitrogens is 2. The number of β-lactam (4-membered cyclic amide) rings is 1. The van der Waals surface area contributed by atoms with E-state index in [2.05, 4.69) is 21.9 Å². The Morgan fingerprint density at radius 3 is 2.60 bits per heavy atom. The summed E-state index contributed by atoms with van der Waals surface area (Å²) in [5.41, 5.74) is 1.43. The van der Waals surface area contributed by atoms with E-state index in [1.54, 1.807) is 72.8 Å². The van der Waals surface area contributed by atoms with Crippen LogP contribution in [0.3, 0.4) is 0 Å². The van der Waals surface area contributed by atoms with Gasteiger partial charge in [0.1, 0.15) is 47.6 Å². The van der Waals surface area contributed by atoms with Crippen molar-refractivity contribution in [2.75, 3.05) is 25.6 Å². The summed E-state index contributed by atoms with van der Waals surface area (Å²) in [6.07, 6.45) is 1.44. The molecule has 3 heterocycles. The number of hydrogen-bond donors (Lipinski definition) is 2. The second kappa shape index (κ2) is 13.1. The normalized spacial score (nSPS) is 17.2. The Balaban J connectivity index is 1.21. The minimum Gasteiger partial charge on any atom is -0.488 e. The number of ether oxygens (including phenoxy) is 3. The fourth-order valence-corrected chi connectivity index (χ4v) is 6.36. The average molecular weight is 625 g/mol. The van der Waals surface area contributed by atoms with E-state index >= 15 is 0 Å². The van der Waals surface area contributed by atoms with Gasteiger partial charge in [-0.15, -0.1) is 11.8 Å². The maximum Gasteiger partial charge on any atom is 0.355 e. The fourth-order valence-electron chi connectivity index (χ4n) is 5.03. The zero-order valence-corrected chi connectivity index (χ0v) is 24.8. The van der Waals surface area contributed by atoms with E-state index in [1.807, 2.05) is 6.07 Å². The van der Waals surface area contributed by atoms with Crippen molar-refractivity contribution >= 4 is 40.4 Å². The number of H-pyrrole nitrogens is 1. The van der Waals surface area contributed by atoms with Gasteiger partial charge in [-0.1, -0.05) is 55.1 Å². The van der Waals surface area contributed by atoms with E-state index in [4.69, 9.17) is 14.2 Å². The molecule has 1 fully saturated rings. The molecule has 2 N–H and O–H groups in total. The number of benzene rings is 3. The van der Waals surface area contributed by atoms with Crippen LogP contribution in [0.5, 0.6) is 11.5 Å². The standard InChI is InChI=1S/C33H28N4O7S/c1-2-16-42-33(41)28-20(19-45-32-27(31(40)37(28)32)35-26(38)18-43-21-10-4-3-5-11-21)17-44-25-15-9-7-13-23(25)29-34-24-14-8-6-12-22(24)30(39)36-29/h2-15,27,32H,1,16-19H2,(H,35,38)(H,34,36,39). The van der Waals surface area contributed by atoms with Gasteiger partial charge in [-0.05, 0) is 36.4 Å². The lowest BCUT2D eigenvalue weighted by atomic mass is 10.0. The molecule has 0 spiro atoms. The number of carbonyl (C=O) groups excluding carboxylic acids is 3. The van der Waals surface area contributed by atoms with E-state index in [-0.39, 0.29) is 31.1 Å². The molecule has 228 valence electrons. The number of aromatic amines is 1. The Morgan fingerprint density at radius 1 is 1.02 bits per heavy atom. The second-order valence-corrected chi connectivity index (χ2v) is 11.2. The van der Waals surface area contributed by atoms with Gasteiger partial charge in [-0.2, -0.15) is 0 Å². The van der Waals surface area contributed by atoms with Crippen LogP contribution >= 0.6 is 11.8 Å². The molecule has 0 aliphatic carbocycles. The number of thioether (sulfide) groups is 1. The minimum absolute atomic E-state index is 0.0429. The Hall–Kier alpha value is -5.36. The summed E-state index contributed by atoms with van der Waals surface area (Å²) in [5.74, 6) is 0.0358. The molecule has 3 aromatic carbocycles. The fraction of sp³-hybridized carbons (Fsp3) is 0.182. The molecule has 4 aromatic rings. The molecule has 0 saturated carbocycles. The molecule has 2 atom stereocenters. The first-order valence-electron chi connectivity index (χ1n) is 14.1. The molecular formula is C33H28N4O7S. The van der Waals surface area contributed by atoms with Gasteiger partial charge < -0.3 is 24.5 Å². The van der Waals surface area contributed by atoms with Gasteiger partial charge in [0, 0.05) is 11.3 Å². The number of nitrogens with zero attached hydrogens (tertiary/aromatic N) is 2. The highest BCUT2D eigenvalue weighted by molar-refractivity contribution is 8.00. The third-order valence-electron chi connectivity index (χ3n) is 7.16. The predicted molar refractivity (Wildman–Crippen MR) is 168 cm³/mol. The maximum atomic E-state index is 13.3. The summed E-state index contributed by atoms with van der Waals surface area (Å²) < 4.78 is 17.0. The summed E-state index contributed by atoms with van der Waals surface area (Å²) in [4.78, 5) is 60.6. The van der Waals surface area contributed by atoms with Crippen molar-refractivity contribution in [1.82, 2.24) is 20.2 Å². The molecular weight excluding hydrogens is 596 g/mol. The smallest absolute Gasteiger partial charge is 0.355 e. The van der Waals surface area contributed by atoms with Crippen molar-refractivity contribution < 1.29 is 28.6 Å². The van der Waals surface area contributed by atoms with Crippen molar-refractivity contribution in [2.45, 2.75) is 11.4 Å². The molecule has 2 aliphatic rings. The maximum absolute atomic E-state index is 13.3. The molecule has 45 heavy (non-hydrogen) atoms. The molecule has 2 aliphatic heterocycles. The van der Waals surface area contributed by atoms with Crippen LogP contribution in [0.2, 0.25) is 0 Å². The SMILES string of the molecule is C=CCOC(=O)C1=C(COc2ccccc2-c2nc3ccccc3c(=O)[nH]2)CSC2C(NC(=O)COc3ccccc3)C(=O)N12. The summed E-state index contributed by atoms with van der Waals surface area (Å²) >= 11 is 1.40.